The molecule has 0 saturated carbocycles. The summed E-state index contributed by atoms with van der Waals surface area (Å²) >= 11 is 3.52. The van der Waals surface area contributed by atoms with Crippen LogP contribution in [0.4, 0.5) is 0 Å². The lowest BCUT2D eigenvalue weighted by Gasteiger charge is -2.02. The van der Waals surface area contributed by atoms with Crippen LogP contribution in [-0.4, -0.2) is 0 Å². The molecule has 0 amide bonds. The standard InChI is InChI=1S/C11H11Br/c1-4-5-10-6-8(2)11(12)9(3)7-10/h6-7H,1-3H3. The topological polar surface area (TPSA) is 0 Å². The number of hydrogen-bond acceptors (Lipinski definition) is 0. The van der Waals surface area contributed by atoms with Gasteiger partial charge in [-0.2, -0.15) is 0 Å². The summed E-state index contributed by atoms with van der Waals surface area (Å²) in [5, 5.41) is 0. The highest BCUT2D eigenvalue weighted by Gasteiger charge is 1.99. The van der Waals surface area contributed by atoms with Crippen LogP contribution < -0.4 is 0 Å². The maximum Gasteiger partial charge on any atom is 0.0251 e. The van der Waals surface area contributed by atoms with Gasteiger partial charge in [0.05, 0.1) is 0 Å². The first-order valence-electron chi connectivity index (χ1n) is 3.84. The summed E-state index contributed by atoms with van der Waals surface area (Å²) in [6.07, 6.45) is 0. The van der Waals surface area contributed by atoms with Gasteiger partial charge in [-0.15, -0.1) is 5.92 Å². The molecular weight excluding hydrogens is 212 g/mol. The first kappa shape index (κ1) is 9.35. The lowest BCUT2D eigenvalue weighted by Crippen LogP contribution is -1.84. The Labute approximate surface area is 82.1 Å². The Balaban J connectivity index is 3.27. The van der Waals surface area contributed by atoms with Crippen LogP contribution in [0.5, 0.6) is 0 Å². The van der Waals surface area contributed by atoms with E-state index in [4.69, 9.17) is 0 Å². The molecule has 0 aliphatic carbocycles. The summed E-state index contributed by atoms with van der Waals surface area (Å²) in [6, 6.07) is 4.18. The van der Waals surface area contributed by atoms with Gasteiger partial charge in [0, 0.05) is 10.0 Å². The van der Waals surface area contributed by atoms with Crippen LogP contribution >= 0.6 is 15.9 Å². The van der Waals surface area contributed by atoms with Crippen LogP contribution in [0.2, 0.25) is 0 Å². The van der Waals surface area contributed by atoms with Crippen molar-refractivity contribution in [1.82, 2.24) is 0 Å². The van der Waals surface area contributed by atoms with Crippen molar-refractivity contribution in [3.05, 3.63) is 33.3 Å². The summed E-state index contributed by atoms with van der Waals surface area (Å²) < 4.78 is 1.18. The van der Waals surface area contributed by atoms with Crippen molar-refractivity contribution in [2.75, 3.05) is 0 Å². The van der Waals surface area contributed by atoms with Crippen molar-refractivity contribution >= 4 is 15.9 Å². The summed E-state index contributed by atoms with van der Waals surface area (Å²) in [6.45, 7) is 6.02. The van der Waals surface area contributed by atoms with E-state index in [0.717, 1.165) is 5.56 Å². The molecule has 0 unspecified atom stereocenters. The molecular formula is C11H11Br. The fraction of sp³-hybridized carbons (Fsp3) is 0.273. The van der Waals surface area contributed by atoms with Crippen molar-refractivity contribution in [2.24, 2.45) is 0 Å². The molecule has 62 valence electrons. The molecule has 0 heterocycles. The minimum atomic E-state index is 1.09. The van der Waals surface area contributed by atoms with E-state index in [1.807, 2.05) is 6.92 Å². The molecule has 0 N–H and O–H groups in total. The van der Waals surface area contributed by atoms with E-state index in [9.17, 15) is 0 Å². The highest BCUT2D eigenvalue weighted by molar-refractivity contribution is 9.10. The summed E-state index contributed by atoms with van der Waals surface area (Å²) in [5.41, 5.74) is 3.58. The maximum absolute atomic E-state index is 3.52. The molecule has 1 heteroatoms. The van der Waals surface area contributed by atoms with Gasteiger partial charge >= 0.3 is 0 Å². The van der Waals surface area contributed by atoms with Gasteiger partial charge < -0.3 is 0 Å². The third-order valence-corrected chi connectivity index (χ3v) is 2.96. The van der Waals surface area contributed by atoms with Crippen LogP contribution in [0.15, 0.2) is 16.6 Å². The van der Waals surface area contributed by atoms with Gasteiger partial charge in [-0.05, 0) is 44.0 Å². The zero-order valence-corrected chi connectivity index (χ0v) is 9.12. The monoisotopic (exact) mass is 222 g/mol. The molecule has 0 atom stereocenters. The van der Waals surface area contributed by atoms with E-state index in [0.29, 0.717) is 0 Å². The van der Waals surface area contributed by atoms with Crippen molar-refractivity contribution in [1.29, 1.82) is 0 Å². The number of hydrogen-bond donors (Lipinski definition) is 0. The molecule has 0 saturated heterocycles. The molecule has 0 bridgehead atoms. The van der Waals surface area contributed by atoms with E-state index in [-0.39, 0.29) is 0 Å². The van der Waals surface area contributed by atoms with Crippen molar-refractivity contribution in [2.45, 2.75) is 20.8 Å². The quantitative estimate of drug-likeness (QED) is 0.591. The molecule has 0 nitrogen and oxygen atoms in total. The van der Waals surface area contributed by atoms with Crippen LogP contribution in [0.1, 0.15) is 23.6 Å². The molecule has 1 aromatic carbocycles. The van der Waals surface area contributed by atoms with E-state index in [1.165, 1.54) is 15.6 Å². The molecule has 0 aliphatic rings. The van der Waals surface area contributed by atoms with Gasteiger partial charge in [0.15, 0.2) is 0 Å². The van der Waals surface area contributed by atoms with Gasteiger partial charge in [-0.1, -0.05) is 21.9 Å². The average molecular weight is 223 g/mol. The maximum atomic E-state index is 3.52. The summed E-state index contributed by atoms with van der Waals surface area (Å²) in [5.74, 6) is 5.94. The molecule has 0 fully saturated rings. The molecule has 0 aromatic heterocycles. The Kier molecular flexibility index (Phi) is 2.94. The third kappa shape index (κ3) is 1.89. The van der Waals surface area contributed by atoms with E-state index in [2.05, 4.69) is 53.8 Å². The van der Waals surface area contributed by atoms with Gasteiger partial charge in [0.25, 0.3) is 0 Å². The lowest BCUT2D eigenvalue weighted by molar-refractivity contribution is 1.33. The number of aryl methyl sites for hydroxylation is 2. The average Bonchev–Trinajstić information content (AvgIpc) is 2.01. The van der Waals surface area contributed by atoms with E-state index in [1.54, 1.807) is 0 Å². The molecule has 1 rings (SSSR count). The van der Waals surface area contributed by atoms with Gasteiger partial charge in [0.1, 0.15) is 0 Å². The second-order valence-corrected chi connectivity index (χ2v) is 3.59. The Morgan fingerprint density at radius 1 is 1.17 bits per heavy atom. The van der Waals surface area contributed by atoms with Crippen LogP contribution in [0.25, 0.3) is 0 Å². The first-order valence-corrected chi connectivity index (χ1v) is 4.64. The van der Waals surface area contributed by atoms with E-state index >= 15 is 0 Å². The van der Waals surface area contributed by atoms with Gasteiger partial charge in [-0.3, -0.25) is 0 Å². The zero-order valence-electron chi connectivity index (χ0n) is 7.53. The lowest BCUT2D eigenvalue weighted by atomic mass is 10.1. The molecule has 0 aliphatic heterocycles. The Bertz CT molecular complexity index is 330. The van der Waals surface area contributed by atoms with Gasteiger partial charge in [0.2, 0.25) is 0 Å². The number of rotatable bonds is 0. The Morgan fingerprint density at radius 2 is 1.67 bits per heavy atom. The third-order valence-electron chi connectivity index (χ3n) is 1.71. The fourth-order valence-corrected chi connectivity index (χ4v) is 1.39. The summed E-state index contributed by atoms with van der Waals surface area (Å²) in [7, 11) is 0. The SMILES string of the molecule is CC#Cc1cc(C)c(Br)c(C)c1. The van der Waals surface area contributed by atoms with E-state index < -0.39 is 0 Å². The molecule has 0 radical (unpaired) electrons. The van der Waals surface area contributed by atoms with Crippen molar-refractivity contribution in [3.8, 4) is 11.8 Å². The van der Waals surface area contributed by atoms with Crippen molar-refractivity contribution in [3.63, 3.8) is 0 Å². The highest BCUT2D eigenvalue weighted by Crippen LogP contribution is 2.21. The Morgan fingerprint density at radius 3 is 2.08 bits per heavy atom. The normalized spacial score (nSPS) is 9.00. The number of halogens is 1. The Hall–Kier alpha value is -0.740. The van der Waals surface area contributed by atoms with Crippen LogP contribution in [0.3, 0.4) is 0 Å². The van der Waals surface area contributed by atoms with Crippen LogP contribution in [0, 0.1) is 25.7 Å². The summed E-state index contributed by atoms with van der Waals surface area (Å²) in [4.78, 5) is 0. The highest BCUT2D eigenvalue weighted by atomic mass is 79.9. The minimum absolute atomic E-state index is 1.09. The fourth-order valence-electron chi connectivity index (χ4n) is 1.16. The van der Waals surface area contributed by atoms with Crippen LogP contribution in [-0.2, 0) is 0 Å². The predicted octanol–water partition coefficient (Wildman–Crippen LogP) is 3.44. The number of benzene rings is 1. The first-order chi connectivity index (χ1) is 5.65. The minimum Gasteiger partial charge on any atom is -0.101 e. The van der Waals surface area contributed by atoms with Crippen molar-refractivity contribution < 1.29 is 0 Å². The predicted molar refractivity (Wildman–Crippen MR) is 56.2 cm³/mol. The second kappa shape index (κ2) is 3.78. The van der Waals surface area contributed by atoms with Gasteiger partial charge in [-0.25, -0.2) is 0 Å². The largest absolute Gasteiger partial charge is 0.101 e. The second-order valence-electron chi connectivity index (χ2n) is 2.80. The molecule has 1 aromatic rings. The molecule has 0 spiro atoms. The smallest absolute Gasteiger partial charge is 0.0251 e. The zero-order chi connectivity index (χ0) is 9.14. The molecule has 12 heavy (non-hydrogen) atoms.